The molecule has 19 heavy (non-hydrogen) atoms. The smallest absolute Gasteiger partial charge is 0.149 e. The van der Waals surface area contributed by atoms with Crippen LogP contribution in [0.4, 0.5) is 4.39 Å². The van der Waals surface area contributed by atoms with E-state index in [1.54, 1.807) is 6.20 Å². The molecule has 1 aromatic heterocycles. The molecule has 2 nitrogen and oxygen atoms in total. The van der Waals surface area contributed by atoms with E-state index in [0.29, 0.717) is 17.4 Å². The van der Waals surface area contributed by atoms with E-state index < -0.39 is 0 Å². The molecule has 0 saturated heterocycles. The minimum Gasteiger partial charge on any atom is -0.328 e. The van der Waals surface area contributed by atoms with Gasteiger partial charge >= 0.3 is 0 Å². The quantitative estimate of drug-likeness (QED) is 0.848. The van der Waals surface area contributed by atoms with Crippen LogP contribution in [0.1, 0.15) is 37.7 Å². The normalized spacial score (nSPS) is 27.6. The lowest BCUT2D eigenvalue weighted by atomic mass is 9.76. The van der Waals surface area contributed by atoms with Crippen molar-refractivity contribution in [1.29, 1.82) is 0 Å². The van der Waals surface area contributed by atoms with Crippen molar-refractivity contribution in [3.8, 4) is 0 Å². The summed E-state index contributed by atoms with van der Waals surface area (Å²) < 4.78 is 13.8. The summed E-state index contributed by atoms with van der Waals surface area (Å²) in [5.74, 6) is 0.809. The van der Waals surface area contributed by atoms with E-state index in [0.717, 1.165) is 24.6 Å². The first-order valence-corrected chi connectivity index (χ1v) is 6.94. The summed E-state index contributed by atoms with van der Waals surface area (Å²) in [4.78, 5) is 4.17. The van der Waals surface area contributed by atoms with Crippen molar-refractivity contribution in [2.45, 2.75) is 38.1 Å². The Kier molecular flexibility index (Phi) is 3.23. The van der Waals surface area contributed by atoms with Crippen molar-refractivity contribution in [3.63, 3.8) is 0 Å². The Morgan fingerprint density at radius 1 is 1.21 bits per heavy atom. The molecular formula is C16H19FN2. The second kappa shape index (κ2) is 4.89. The van der Waals surface area contributed by atoms with E-state index >= 15 is 0 Å². The lowest BCUT2D eigenvalue weighted by Crippen LogP contribution is -2.31. The monoisotopic (exact) mass is 258 g/mol. The zero-order valence-corrected chi connectivity index (χ0v) is 11.1. The van der Waals surface area contributed by atoms with Crippen LogP contribution in [0.5, 0.6) is 0 Å². The maximum absolute atomic E-state index is 13.8. The Morgan fingerprint density at radius 3 is 2.84 bits per heavy atom. The highest BCUT2D eigenvalue weighted by Gasteiger charge is 2.26. The molecule has 0 amide bonds. The molecule has 0 spiro atoms. The Hall–Kier alpha value is -1.48. The minimum absolute atomic E-state index is 0.243. The molecule has 3 heteroatoms. The number of nitrogens with two attached hydrogens (primary N) is 1. The standard InChI is InChI=1S/C16H19FN2/c1-10-7-11(9-12(18)8-10)13-4-5-15(17)16-14(13)3-2-6-19-16/h2-6,10-12H,7-9,18H2,1H3/t10-,11+,12-/m1/s1. The van der Waals surface area contributed by atoms with Gasteiger partial charge in [0, 0.05) is 17.6 Å². The van der Waals surface area contributed by atoms with Gasteiger partial charge in [-0.3, -0.25) is 4.98 Å². The van der Waals surface area contributed by atoms with Crippen molar-refractivity contribution in [1.82, 2.24) is 4.98 Å². The molecule has 0 unspecified atom stereocenters. The van der Waals surface area contributed by atoms with Crippen LogP contribution in [0.2, 0.25) is 0 Å². The van der Waals surface area contributed by atoms with Crippen LogP contribution in [0.25, 0.3) is 10.9 Å². The zero-order chi connectivity index (χ0) is 13.4. The average molecular weight is 258 g/mol. The SMILES string of the molecule is C[C@H]1C[C@@H](N)C[C@@H](c2ccc(F)c3ncccc23)C1. The summed E-state index contributed by atoms with van der Waals surface area (Å²) in [6, 6.07) is 7.54. The van der Waals surface area contributed by atoms with Gasteiger partial charge in [0.2, 0.25) is 0 Å². The van der Waals surface area contributed by atoms with Crippen LogP contribution in [0, 0.1) is 11.7 Å². The second-order valence-corrected chi connectivity index (χ2v) is 5.81. The van der Waals surface area contributed by atoms with Crippen molar-refractivity contribution in [3.05, 3.63) is 41.8 Å². The van der Waals surface area contributed by atoms with Crippen molar-refractivity contribution < 1.29 is 4.39 Å². The molecule has 1 heterocycles. The van der Waals surface area contributed by atoms with E-state index in [1.165, 1.54) is 11.6 Å². The highest BCUT2D eigenvalue weighted by Crippen LogP contribution is 2.38. The number of rotatable bonds is 1. The third-order valence-corrected chi connectivity index (χ3v) is 4.17. The fourth-order valence-electron chi connectivity index (χ4n) is 3.43. The molecule has 1 aliphatic carbocycles. The highest BCUT2D eigenvalue weighted by molar-refractivity contribution is 5.83. The Morgan fingerprint density at radius 2 is 2.05 bits per heavy atom. The molecule has 1 aromatic carbocycles. The number of aromatic nitrogens is 1. The fourth-order valence-corrected chi connectivity index (χ4v) is 3.43. The van der Waals surface area contributed by atoms with Gasteiger partial charge in [-0.1, -0.05) is 19.1 Å². The van der Waals surface area contributed by atoms with Crippen LogP contribution in [0.15, 0.2) is 30.5 Å². The van der Waals surface area contributed by atoms with Gasteiger partial charge in [-0.25, -0.2) is 4.39 Å². The predicted octanol–water partition coefficient (Wildman–Crippen LogP) is 3.60. The molecule has 1 fully saturated rings. The van der Waals surface area contributed by atoms with Crippen LogP contribution >= 0.6 is 0 Å². The molecular weight excluding hydrogens is 239 g/mol. The van der Waals surface area contributed by atoms with Crippen LogP contribution < -0.4 is 5.73 Å². The van der Waals surface area contributed by atoms with E-state index in [4.69, 9.17) is 5.73 Å². The van der Waals surface area contributed by atoms with E-state index in [2.05, 4.69) is 11.9 Å². The molecule has 2 N–H and O–H groups in total. The van der Waals surface area contributed by atoms with Crippen molar-refractivity contribution in [2.75, 3.05) is 0 Å². The van der Waals surface area contributed by atoms with Gasteiger partial charge in [0.15, 0.2) is 0 Å². The molecule has 1 aliphatic rings. The first kappa shape index (κ1) is 12.5. The third-order valence-electron chi connectivity index (χ3n) is 4.17. The lowest BCUT2D eigenvalue weighted by molar-refractivity contribution is 0.309. The van der Waals surface area contributed by atoms with Gasteiger partial charge in [-0.2, -0.15) is 0 Å². The maximum atomic E-state index is 13.8. The largest absolute Gasteiger partial charge is 0.328 e. The topological polar surface area (TPSA) is 38.9 Å². The summed E-state index contributed by atoms with van der Waals surface area (Å²) in [5.41, 5.74) is 7.82. The molecule has 0 aliphatic heterocycles. The number of nitrogens with zero attached hydrogens (tertiary/aromatic N) is 1. The summed E-state index contributed by atoms with van der Waals surface area (Å²) in [5, 5.41) is 0.939. The molecule has 3 rings (SSSR count). The first-order valence-electron chi connectivity index (χ1n) is 6.94. The van der Waals surface area contributed by atoms with E-state index in [-0.39, 0.29) is 11.9 Å². The van der Waals surface area contributed by atoms with Crippen LogP contribution in [-0.4, -0.2) is 11.0 Å². The molecule has 1 saturated carbocycles. The maximum Gasteiger partial charge on any atom is 0.149 e. The van der Waals surface area contributed by atoms with Gasteiger partial charge in [0.25, 0.3) is 0 Å². The fraction of sp³-hybridized carbons (Fsp3) is 0.438. The van der Waals surface area contributed by atoms with Gasteiger partial charge in [-0.15, -0.1) is 0 Å². The average Bonchev–Trinajstić information content (AvgIpc) is 2.38. The van der Waals surface area contributed by atoms with Crippen molar-refractivity contribution >= 4 is 10.9 Å². The van der Waals surface area contributed by atoms with Crippen molar-refractivity contribution in [2.24, 2.45) is 11.7 Å². The predicted molar refractivity (Wildman–Crippen MR) is 75.4 cm³/mol. The minimum atomic E-state index is -0.243. The summed E-state index contributed by atoms with van der Waals surface area (Å²) in [6.07, 6.45) is 4.85. The molecule has 3 atom stereocenters. The van der Waals surface area contributed by atoms with Crippen LogP contribution in [-0.2, 0) is 0 Å². The molecule has 100 valence electrons. The summed E-state index contributed by atoms with van der Waals surface area (Å²) in [7, 11) is 0. The van der Waals surface area contributed by atoms with Crippen LogP contribution in [0.3, 0.4) is 0 Å². The number of pyridine rings is 1. The van der Waals surface area contributed by atoms with Gasteiger partial charge in [0.05, 0.1) is 0 Å². The number of benzene rings is 1. The highest BCUT2D eigenvalue weighted by atomic mass is 19.1. The van der Waals surface area contributed by atoms with Gasteiger partial charge < -0.3 is 5.73 Å². The second-order valence-electron chi connectivity index (χ2n) is 5.81. The Labute approximate surface area is 112 Å². The first-order chi connectivity index (χ1) is 9.15. The van der Waals surface area contributed by atoms with Gasteiger partial charge in [0.1, 0.15) is 11.3 Å². The molecule has 0 radical (unpaired) electrons. The Balaban J connectivity index is 2.07. The zero-order valence-electron chi connectivity index (χ0n) is 11.1. The molecule has 2 aromatic rings. The third kappa shape index (κ3) is 2.35. The summed E-state index contributed by atoms with van der Waals surface area (Å²) in [6.45, 7) is 2.25. The molecule has 0 bridgehead atoms. The number of halogens is 1. The van der Waals surface area contributed by atoms with Gasteiger partial charge in [-0.05, 0) is 48.8 Å². The van der Waals surface area contributed by atoms with E-state index in [9.17, 15) is 4.39 Å². The summed E-state index contributed by atoms with van der Waals surface area (Å²) >= 11 is 0. The number of fused-ring (bicyclic) bond motifs is 1. The lowest BCUT2D eigenvalue weighted by Gasteiger charge is -2.32. The van der Waals surface area contributed by atoms with E-state index in [1.807, 2.05) is 18.2 Å². The number of hydrogen-bond acceptors (Lipinski definition) is 2. The Bertz CT molecular complexity index is 586. The number of hydrogen-bond donors (Lipinski definition) is 1.